The van der Waals surface area contributed by atoms with Gasteiger partial charge in [-0.2, -0.15) is 8.42 Å². The van der Waals surface area contributed by atoms with E-state index < -0.39 is 10.1 Å². The van der Waals surface area contributed by atoms with Crippen molar-refractivity contribution >= 4 is 33.2 Å². The van der Waals surface area contributed by atoms with E-state index in [0.29, 0.717) is 0 Å². The van der Waals surface area contributed by atoms with Crippen LogP contribution in [0, 0.1) is 6.07 Å². The van der Waals surface area contributed by atoms with E-state index in [2.05, 4.69) is 97.7 Å². The van der Waals surface area contributed by atoms with Crippen LogP contribution in [0.5, 0.6) is 0 Å². The molecule has 0 spiro atoms. The van der Waals surface area contributed by atoms with Crippen molar-refractivity contribution in [3.05, 3.63) is 113 Å². The zero-order valence-electron chi connectivity index (χ0n) is 20.6. The van der Waals surface area contributed by atoms with E-state index in [1.807, 2.05) is 0 Å². The van der Waals surface area contributed by atoms with Crippen LogP contribution in [0.15, 0.2) is 90.1 Å². The maximum Gasteiger partial charge on any atom is 0.312 e. The number of pyridine rings is 2. The molecule has 38 heavy (non-hydrogen) atoms. The summed E-state index contributed by atoms with van der Waals surface area (Å²) < 4.78 is 29.1. The Morgan fingerprint density at radius 3 is 2.34 bits per heavy atom. The number of benzene rings is 3. The van der Waals surface area contributed by atoms with Crippen molar-refractivity contribution in [2.24, 2.45) is 0 Å². The summed E-state index contributed by atoms with van der Waals surface area (Å²) in [7, 11) is -4.11. The van der Waals surface area contributed by atoms with Gasteiger partial charge < -0.3 is 0 Å². The van der Waals surface area contributed by atoms with Gasteiger partial charge in [-0.25, -0.2) is 4.98 Å². The van der Waals surface area contributed by atoms with Gasteiger partial charge in [-0.15, -0.1) is 29.3 Å². The number of nitrogens with zero attached hydrogens (tertiary/aromatic N) is 2. The minimum Gasteiger partial charge on any atom is -0.296 e. The average molecular weight is 696 g/mol. The van der Waals surface area contributed by atoms with Crippen molar-refractivity contribution < 1.29 is 33.1 Å². The van der Waals surface area contributed by atoms with Gasteiger partial charge in [0.15, 0.2) is 5.03 Å². The molecule has 0 atom stereocenters. The third kappa shape index (κ3) is 4.42. The van der Waals surface area contributed by atoms with Gasteiger partial charge in [-0.3, -0.25) is 9.54 Å². The first-order chi connectivity index (χ1) is 17.7. The van der Waals surface area contributed by atoms with E-state index in [1.165, 1.54) is 57.1 Å². The molecule has 7 heteroatoms. The second-order valence-electron chi connectivity index (χ2n) is 9.66. The summed E-state index contributed by atoms with van der Waals surface area (Å²) in [6.07, 6.45) is 5.66. The Morgan fingerprint density at radius 2 is 1.61 bits per heavy atom. The maximum atomic E-state index is 10.3. The van der Waals surface area contributed by atoms with Crippen molar-refractivity contribution in [2.75, 3.05) is 0 Å². The van der Waals surface area contributed by atoms with E-state index in [4.69, 9.17) is 9.54 Å². The van der Waals surface area contributed by atoms with Crippen LogP contribution in [-0.2, 0) is 35.6 Å². The largest absolute Gasteiger partial charge is 0.312 e. The standard InChI is InChI=1S/C26H18N.C5H5NO3S.Ir/c1-26(2)21-8-4-3-7-19(21)20-14-17(12-13-22(20)26)24-15-18-11-10-16-6-5-9-23(27-24)25(16)18;7-10(8,9)5-3-1-2-4-6-5;/h3-11,13-15H,1-2H3;1-4H,(H,7,8,9);/q-1;;. The SMILES string of the molecule is CC1(C)c2c[c-]c(-c3cc4c5c(cccc5n3)C=C4)cc2-c2ccccc21.O=S(=O)(O)c1ccccn1.[Ir]. The minimum atomic E-state index is -4.11. The smallest absolute Gasteiger partial charge is 0.296 e. The normalized spacial score (nSPS) is 13.8. The molecule has 0 aliphatic heterocycles. The van der Waals surface area contributed by atoms with Gasteiger partial charge in [0.25, 0.3) is 0 Å². The van der Waals surface area contributed by atoms with Crippen LogP contribution >= 0.6 is 0 Å². The predicted molar refractivity (Wildman–Crippen MR) is 147 cm³/mol. The molecular formula is C31H23IrN2O3S-. The first-order valence-corrected chi connectivity index (χ1v) is 13.3. The van der Waals surface area contributed by atoms with Crippen molar-refractivity contribution in [1.29, 1.82) is 0 Å². The monoisotopic (exact) mass is 696 g/mol. The molecule has 0 bridgehead atoms. The first-order valence-electron chi connectivity index (χ1n) is 11.9. The summed E-state index contributed by atoms with van der Waals surface area (Å²) in [4.78, 5) is 8.37. The van der Waals surface area contributed by atoms with E-state index >= 15 is 0 Å². The van der Waals surface area contributed by atoms with Crippen LogP contribution < -0.4 is 0 Å². The molecule has 2 aliphatic carbocycles. The zero-order valence-corrected chi connectivity index (χ0v) is 23.8. The molecule has 2 aromatic heterocycles. The van der Waals surface area contributed by atoms with Crippen LogP contribution in [0.2, 0.25) is 0 Å². The molecule has 0 saturated heterocycles. The molecule has 7 rings (SSSR count). The average Bonchev–Trinajstić information content (AvgIpc) is 3.42. The van der Waals surface area contributed by atoms with Gasteiger partial charge in [0.05, 0.1) is 5.52 Å². The second kappa shape index (κ2) is 9.68. The van der Waals surface area contributed by atoms with E-state index in [0.717, 1.165) is 16.8 Å². The molecule has 0 fully saturated rings. The molecule has 1 N–H and O–H groups in total. The summed E-state index contributed by atoms with van der Waals surface area (Å²) in [6, 6.07) is 29.5. The van der Waals surface area contributed by atoms with Gasteiger partial charge >= 0.3 is 10.1 Å². The summed E-state index contributed by atoms with van der Waals surface area (Å²) in [5.74, 6) is 0. The van der Waals surface area contributed by atoms with Crippen LogP contribution in [0.1, 0.15) is 36.1 Å². The number of fused-ring (bicyclic) bond motifs is 3. The third-order valence-corrected chi connectivity index (χ3v) is 7.80. The Labute approximate surface area is 235 Å². The molecule has 191 valence electrons. The molecule has 0 amide bonds. The number of rotatable bonds is 2. The second-order valence-corrected chi connectivity index (χ2v) is 11.0. The number of aromatic nitrogens is 2. The Kier molecular flexibility index (Phi) is 6.66. The predicted octanol–water partition coefficient (Wildman–Crippen LogP) is 6.82. The van der Waals surface area contributed by atoms with Gasteiger partial charge in [-0.05, 0) is 51.6 Å². The summed E-state index contributed by atoms with van der Waals surface area (Å²) in [5, 5.41) is 0.934. The van der Waals surface area contributed by atoms with Crippen LogP contribution in [0.25, 0.3) is 45.4 Å². The van der Waals surface area contributed by atoms with Crippen LogP contribution in [0.3, 0.4) is 0 Å². The van der Waals surface area contributed by atoms with Gasteiger partial charge in [-0.1, -0.05) is 80.1 Å². The molecule has 0 saturated carbocycles. The van der Waals surface area contributed by atoms with Crippen molar-refractivity contribution in [1.82, 2.24) is 9.97 Å². The summed E-state index contributed by atoms with van der Waals surface area (Å²) >= 11 is 0. The molecule has 0 unspecified atom stereocenters. The molecule has 5 aromatic rings. The Hall–Kier alpha value is -3.48. The van der Waals surface area contributed by atoms with Crippen LogP contribution in [0.4, 0.5) is 0 Å². The van der Waals surface area contributed by atoms with Crippen molar-refractivity contribution in [2.45, 2.75) is 24.3 Å². The fourth-order valence-corrected chi connectivity index (χ4v) is 5.67. The minimum absolute atomic E-state index is 0. The quantitative estimate of drug-likeness (QED) is 0.159. The maximum absolute atomic E-state index is 10.3. The molecule has 2 heterocycles. The number of hydrogen-bond donors (Lipinski definition) is 1. The number of hydrogen-bond acceptors (Lipinski definition) is 4. The fraction of sp³-hybridized carbons (Fsp3) is 0.0968. The Morgan fingerprint density at radius 1 is 0.842 bits per heavy atom. The van der Waals surface area contributed by atoms with E-state index in [9.17, 15) is 8.42 Å². The van der Waals surface area contributed by atoms with E-state index in [-0.39, 0.29) is 30.5 Å². The fourth-order valence-electron chi connectivity index (χ4n) is 5.22. The summed E-state index contributed by atoms with van der Waals surface area (Å²) in [5.41, 5.74) is 11.0. The van der Waals surface area contributed by atoms with Crippen LogP contribution in [-0.4, -0.2) is 22.9 Å². The molecule has 1 radical (unpaired) electrons. The van der Waals surface area contributed by atoms with E-state index in [1.54, 1.807) is 6.07 Å². The third-order valence-electron chi connectivity index (χ3n) is 7.03. The molecule has 3 aromatic carbocycles. The Balaban J connectivity index is 0.000000229. The zero-order chi connectivity index (χ0) is 25.8. The topological polar surface area (TPSA) is 80.2 Å². The van der Waals surface area contributed by atoms with Gasteiger partial charge in [0.1, 0.15) is 0 Å². The molecule has 5 nitrogen and oxygen atoms in total. The molecule has 2 aliphatic rings. The van der Waals surface area contributed by atoms with Crippen molar-refractivity contribution in [3.63, 3.8) is 0 Å². The Bertz CT molecular complexity index is 1830. The molecular weight excluding hydrogens is 673 g/mol. The summed E-state index contributed by atoms with van der Waals surface area (Å²) in [6.45, 7) is 4.60. The van der Waals surface area contributed by atoms with Crippen molar-refractivity contribution in [3.8, 4) is 22.4 Å². The van der Waals surface area contributed by atoms with Gasteiger partial charge in [0.2, 0.25) is 0 Å². The first kappa shape index (κ1) is 26.1. The van der Waals surface area contributed by atoms with Gasteiger partial charge in [0, 0.05) is 31.7 Å².